The van der Waals surface area contributed by atoms with E-state index >= 15 is 0 Å². The second kappa shape index (κ2) is 8.73. The van der Waals surface area contributed by atoms with Crippen molar-refractivity contribution in [2.24, 2.45) is 5.92 Å². The van der Waals surface area contributed by atoms with Gasteiger partial charge in [-0.05, 0) is 49.6 Å². The molecular weight excluding hydrogens is 424 g/mol. The van der Waals surface area contributed by atoms with E-state index in [1.54, 1.807) is 30.3 Å². The lowest BCUT2D eigenvalue weighted by Gasteiger charge is -2.19. The molecule has 7 nitrogen and oxygen atoms in total. The number of H-pyrrole nitrogens is 1. The third-order valence-corrected chi connectivity index (χ3v) is 6.56. The Bertz CT molecular complexity index is 1220. The van der Waals surface area contributed by atoms with Gasteiger partial charge in [-0.2, -0.15) is 0 Å². The Morgan fingerprint density at radius 2 is 1.90 bits per heavy atom. The standard InChI is InChI=1S/C21H25ClN4O3S/c1-12(2)9-19(30(4,28)29)18-7-8-23-21(26-18)24-13(3)16-11-14-10-15(22)5-6-17(14)25-20(16)27/h5-8,10-13,19H,9H2,1-4H3,(H,25,27)(H,23,24,26)/t13-,19?/m0/s1. The van der Waals surface area contributed by atoms with Crippen molar-refractivity contribution in [1.29, 1.82) is 0 Å². The van der Waals surface area contributed by atoms with Gasteiger partial charge in [0.25, 0.3) is 5.56 Å². The van der Waals surface area contributed by atoms with Gasteiger partial charge in [0.2, 0.25) is 5.95 Å². The number of aromatic nitrogens is 3. The highest BCUT2D eigenvalue weighted by Gasteiger charge is 2.26. The lowest BCUT2D eigenvalue weighted by Crippen LogP contribution is -2.21. The zero-order valence-corrected chi connectivity index (χ0v) is 18.9. The van der Waals surface area contributed by atoms with Gasteiger partial charge in [-0.25, -0.2) is 18.4 Å². The van der Waals surface area contributed by atoms with Gasteiger partial charge < -0.3 is 10.3 Å². The Morgan fingerprint density at radius 3 is 2.57 bits per heavy atom. The summed E-state index contributed by atoms with van der Waals surface area (Å²) < 4.78 is 24.6. The van der Waals surface area contributed by atoms with Crippen LogP contribution >= 0.6 is 11.6 Å². The maximum Gasteiger partial charge on any atom is 0.253 e. The number of benzene rings is 1. The third-order valence-electron chi connectivity index (χ3n) is 4.86. The average Bonchev–Trinajstić information content (AvgIpc) is 2.65. The lowest BCUT2D eigenvalue weighted by atomic mass is 10.1. The number of nitrogens with zero attached hydrogens (tertiary/aromatic N) is 2. The Labute approximate surface area is 180 Å². The minimum absolute atomic E-state index is 0.193. The first kappa shape index (κ1) is 22.2. The van der Waals surface area contributed by atoms with Gasteiger partial charge in [-0.15, -0.1) is 0 Å². The van der Waals surface area contributed by atoms with E-state index < -0.39 is 21.1 Å². The number of hydrogen-bond donors (Lipinski definition) is 2. The zero-order valence-electron chi connectivity index (χ0n) is 17.3. The molecule has 1 unspecified atom stereocenters. The maximum atomic E-state index is 12.5. The maximum absolute atomic E-state index is 12.5. The van der Waals surface area contributed by atoms with Crippen LogP contribution in [0.1, 0.15) is 49.7 Å². The fraction of sp³-hybridized carbons (Fsp3) is 0.381. The molecule has 0 saturated heterocycles. The van der Waals surface area contributed by atoms with Gasteiger partial charge in [0.15, 0.2) is 9.84 Å². The molecule has 2 atom stereocenters. The van der Waals surface area contributed by atoms with E-state index in [-0.39, 0.29) is 17.4 Å². The molecule has 30 heavy (non-hydrogen) atoms. The van der Waals surface area contributed by atoms with Crippen molar-refractivity contribution in [3.8, 4) is 0 Å². The molecule has 0 saturated carbocycles. The van der Waals surface area contributed by atoms with Crippen molar-refractivity contribution >= 4 is 38.3 Å². The van der Waals surface area contributed by atoms with Gasteiger partial charge >= 0.3 is 0 Å². The minimum atomic E-state index is -3.33. The predicted molar refractivity (Wildman–Crippen MR) is 121 cm³/mol. The first-order valence-electron chi connectivity index (χ1n) is 9.65. The molecule has 2 aromatic heterocycles. The van der Waals surface area contributed by atoms with E-state index in [1.165, 1.54) is 12.5 Å². The molecule has 0 radical (unpaired) electrons. The van der Waals surface area contributed by atoms with Crippen LogP contribution in [0.5, 0.6) is 0 Å². The van der Waals surface area contributed by atoms with Crippen LogP contribution in [0.2, 0.25) is 5.02 Å². The number of halogens is 1. The van der Waals surface area contributed by atoms with Gasteiger partial charge in [0.1, 0.15) is 5.25 Å². The summed E-state index contributed by atoms with van der Waals surface area (Å²) in [5.74, 6) is 0.459. The first-order valence-corrected chi connectivity index (χ1v) is 12.0. The minimum Gasteiger partial charge on any atom is -0.347 e. The van der Waals surface area contributed by atoms with Crippen molar-refractivity contribution in [2.45, 2.75) is 38.5 Å². The number of nitrogens with one attached hydrogen (secondary N) is 2. The number of anilines is 1. The average molecular weight is 449 g/mol. The van der Waals surface area contributed by atoms with Crippen molar-refractivity contribution in [2.75, 3.05) is 11.6 Å². The fourth-order valence-corrected chi connectivity index (χ4v) is 4.84. The molecule has 2 heterocycles. The molecule has 0 bridgehead atoms. The monoisotopic (exact) mass is 448 g/mol. The quantitative estimate of drug-likeness (QED) is 0.559. The van der Waals surface area contributed by atoms with Gasteiger partial charge in [-0.1, -0.05) is 25.4 Å². The normalized spacial score (nSPS) is 14.1. The summed E-state index contributed by atoms with van der Waals surface area (Å²) in [6.07, 6.45) is 3.22. The van der Waals surface area contributed by atoms with Gasteiger partial charge in [0, 0.05) is 33.9 Å². The van der Waals surface area contributed by atoms with Crippen molar-refractivity contribution < 1.29 is 8.42 Å². The molecule has 9 heteroatoms. The smallest absolute Gasteiger partial charge is 0.253 e. The van der Waals surface area contributed by atoms with Gasteiger partial charge in [-0.3, -0.25) is 4.79 Å². The molecule has 1 aromatic carbocycles. The highest BCUT2D eigenvalue weighted by molar-refractivity contribution is 7.90. The van der Waals surface area contributed by atoms with E-state index in [4.69, 9.17) is 11.6 Å². The highest BCUT2D eigenvalue weighted by Crippen LogP contribution is 2.28. The van der Waals surface area contributed by atoms with Crippen LogP contribution in [0.15, 0.2) is 41.3 Å². The summed E-state index contributed by atoms with van der Waals surface area (Å²) in [4.78, 5) is 24.0. The van der Waals surface area contributed by atoms with Crippen LogP contribution in [0.3, 0.4) is 0 Å². The van der Waals surface area contributed by atoms with Crippen LogP contribution in [0, 0.1) is 5.92 Å². The summed E-state index contributed by atoms with van der Waals surface area (Å²) in [5, 5.41) is 3.79. The summed E-state index contributed by atoms with van der Waals surface area (Å²) >= 11 is 6.06. The topological polar surface area (TPSA) is 105 Å². The Balaban J connectivity index is 1.91. The van der Waals surface area contributed by atoms with Crippen LogP contribution < -0.4 is 10.9 Å². The van der Waals surface area contributed by atoms with Crippen molar-refractivity contribution in [3.05, 3.63) is 63.2 Å². The Kier molecular flexibility index (Phi) is 6.47. The second-order valence-corrected chi connectivity index (χ2v) is 10.6. The van der Waals surface area contributed by atoms with Crippen LogP contribution in [-0.4, -0.2) is 29.6 Å². The predicted octanol–water partition coefficient (Wildman–Crippen LogP) is 4.28. The molecule has 0 amide bonds. The number of rotatable bonds is 7. The molecule has 2 N–H and O–H groups in total. The molecule has 0 aliphatic carbocycles. The van der Waals surface area contributed by atoms with E-state index in [1.807, 2.05) is 20.8 Å². The molecular formula is C21H25ClN4O3S. The van der Waals surface area contributed by atoms with E-state index in [2.05, 4.69) is 20.3 Å². The molecule has 3 rings (SSSR count). The summed E-state index contributed by atoms with van der Waals surface area (Å²) in [6.45, 7) is 5.76. The van der Waals surface area contributed by atoms with E-state index in [9.17, 15) is 13.2 Å². The SMILES string of the molecule is CC(C)CC(c1ccnc(N[C@@H](C)c2cc3cc(Cl)ccc3[nH]c2=O)n1)S(C)(=O)=O. The molecule has 0 aliphatic rings. The number of hydrogen-bond acceptors (Lipinski definition) is 6. The van der Waals surface area contributed by atoms with E-state index in [0.29, 0.717) is 28.2 Å². The van der Waals surface area contributed by atoms with Crippen LogP contribution in [0.4, 0.5) is 5.95 Å². The van der Waals surface area contributed by atoms with Gasteiger partial charge in [0.05, 0.1) is 11.7 Å². The van der Waals surface area contributed by atoms with E-state index in [0.717, 1.165) is 5.39 Å². The number of aromatic amines is 1. The lowest BCUT2D eigenvalue weighted by molar-refractivity contribution is 0.531. The summed E-state index contributed by atoms with van der Waals surface area (Å²) in [7, 11) is -3.33. The largest absolute Gasteiger partial charge is 0.347 e. The van der Waals surface area contributed by atoms with Crippen molar-refractivity contribution in [1.82, 2.24) is 15.0 Å². The van der Waals surface area contributed by atoms with Crippen molar-refractivity contribution in [3.63, 3.8) is 0 Å². The molecule has 0 spiro atoms. The molecule has 3 aromatic rings. The molecule has 160 valence electrons. The zero-order chi connectivity index (χ0) is 22.1. The molecule has 0 aliphatic heterocycles. The second-order valence-electron chi connectivity index (χ2n) is 7.90. The fourth-order valence-electron chi connectivity index (χ4n) is 3.35. The Morgan fingerprint density at radius 1 is 1.17 bits per heavy atom. The number of fused-ring (bicyclic) bond motifs is 1. The van der Waals surface area contributed by atoms with Crippen LogP contribution in [-0.2, 0) is 9.84 Å². The van der Waals surface area contributed by atoms with Crippen LogP contribution in [0.25, 0.3) is 10.9 Å². The first-order chi connectivity index (χ1) is 14.0. The highest BCUT2D eigenvalue weighted by atomic mass is 35.5. The number of sulfone groups is 1. The summed E-state index contributed by atoms with van der Waals surface area (Å²) in [6, 6.07) is 8.25. The summed E-state index contributed by atoms with van der Waals surface area (Å²) in [5.41, 5.74) is 1.41. The third kappa shape index (κ3) is 5.17. The number of pyridine rings is 1. The Hall–Kier alpha value is -2.45. The molecule has 0 fully saturated rings.